The molecule has 1 aromatic carbocycles. The molecule has 0 saturated carbocycles. The number of benzene rings is 1. The second-order valence-electron chi connectivity index (χ2n) is 6.58. The lowest BCUT2D eigenvalue weighted by atomic mass is 10.1. The summed E-state index contributed by atoms with van der Waals surface area (Å²) in [6.45, 7) is 8.31. The minimum absolute atomic E-state index is 0.214. The van der Waals surface area contributed by atoms with Crippen LogP contribution in [-0.4, -0.2) is 27.8 Å². The van der Waals surface area contributed by atoms with Gasteiger partial charge in [-0.15, -0.1) is 0 Å². The quantitative estimate of drug-likeness (QED) is 0.694. The Morgan fingerprint density at radius 1 is 1.26 bits per heavy atom. The third-order valence-electron chi connectivity index (χ3n) is 4.23. The summed E-state index contributed by atoms with van der Waals surface area (Å²) in [7, 11) is 0. The molecule has 27 heavy (non-hydrogen) atoms. The Balaban J connectivity index is 1.95. The molecule has 0 aliphatic heterocycles. The van der Waals surface area contributed by atoms with Gasteiger partial charge in [0.05, 0.1) is 5.69 Å². The van der Waals surface area contributed by atoms with Gasteiger partial charge in [0.15, 0.2) is 6.10 Å². The van der Waals surface area contributed by atoms with Gasteiger partial charge in [-0.25, -0.2) is 4.79 Å². The predicted octanol–water partition coefficient (Wildman–Crippen LogP) is 3.82. The fourth-order valence-corrected chi connectivity index (χ4v) is 2.89. The van der Waals surface area contributed by atoms with Crippen molar-refractivity contribution in [1.29, 1.82) is 0 Å². The van der Waals surface area contributed by atoms with Gasteiger partial charge in [-0.2, -0.15) is 5.10 Å². The fraction of sp³-hybridized carbons (Fsp3) is 0.450. The molecule has 1 atom stereocenters. The zero-order valence-corrected chi connectivity index (χ0v) is 17.0. The Kier molecular flexibility index (Phi) is 7.42. The zero-order chi connectivity index (χ0) is 20.0. The number of hydrogen-bond acceptors (Lipinski definition) is 4. The van der Waals surface area contributed by atoms with E-state index in [0.717, 1.165) is 24.0 Å². The Hall–Kier alpha value is -2.34. The van der Waals surface area contributed by atoms with Gasteiger partial charge in [0.25, 0.3) is 5.91 Å². The maximum Gasteiger partial charge on any atom is 0.343 e. The van der Waals surface area contributed by atoms with Gasteiger partial charge in [-0.3, -0.25) is 9.48 Å². The number of esters is 1. The average molecular weight is 392 g/mol. The van der Waals surface area contributed by atoms with Gasteiger partial charge in [0.2, 0.25) is 0 Å². The largest absolute Gasteiger partial charge is 0.449 e. The molecule has 0 unspecified atom stereocenters. The molecule has 0 aliphatic carbocycles. The third-order valence-corrected chi connectivity index (χ3v) is 4.62. The molecule has 1 N–H and O–H groups in total. The Morgan fingerprint density at radius 3 is 2.56 bits per heavy atom. The second-order valence-corrected chi connectivity index (χ2v) is 6.94. The number of halogens is 1. The normalized spacial score (nSPS) is 11.9. The predicted molar refractivity (Wildman–Crippen MR) is 105 cm³/mol. The number of unbranched alkanes of at least 4 members (excludes halogenated alkanes) is 1. The van der Waals surface area contributed by atoms with Crippen LogP contribution in [0.4, 0.5) is 0 Å². The summed E-state index contributed by atoms with van der Waals surface area (Å²) >= 11 is 6.28. The van der Waals surface area contributed by atoms with Crippen molar-refractivity contribution in [3.05, 3.63) is 51.8 Å². The summed E-state index contributed by atoms with van der Waals surface area (Å²) < 4.78 is 6.89. The number of rotatable bonds is 8. The summed E-state index contributed by atoms with van der Waals surface area (Å²) in [6, 6.07) is 7.85. The van der Waals surface area contributed by atoms with Crippen LogP contribution in [0.25, 0.3) is 0 Å². The zero-order valence-electron chi connectivity index (χ0n) is 16.2. The third kappa shape index (κ3) is 5.57. The molecule has 2 aromatic rings. The number of carbonyl (C=O) groups is 2. The van der Waals surface area contributed by atoms with Gasteiger partial charge < -0.3 is 10.1 Å². The number of aromatic nitrogens is 2. The molecule has 1 aromatic heterocycles. The number of carbonyl (C=O) groups excluding carboxylic acids is 2. The molecule has 0 radical (unpaired) electrons. The van der Waals surface area contributed by atoms with E-state index in [2.05, 4.69) is 17.3 Å². The Bertz CT molecular complexity index is 800. The van der Waals surface area contributed by atoms with E-state index in [9.17, 15) is 9.59 Å². The van der Waals surface area contributed by atoms with E-state index in [-0.39, 0.29) is 16.6 Å². The van der Waals surface area contributed by atoms with E-state index < -0.39 is 12.1 Å². The van der Waals surface area contributed by atoms with Crippen LogP contribution in [0.3, 0.4) is 0 Å². The van der Waals surface area contributed by atoms with Crippen LogP contribution in [0.15, 0.2) is 24.3 Å². The van der Waals surface area contributed by atoms with Crippen LogP contribution in [0.5, 0.6) is 0 Å². The van der Waals surface area contributed by atoms with E-state index in [4.69, 9.17) is 16.3 Å². The molecular formula is C20H26ClN3O3. The molecule has 0 saturated heterocycles. The van der Waals surface area contributed by atoms with E-state index in [0.29, 0.717) is 18.8 Å². The summed E-state index contributed by atoms with van der Waals surface area (Å²) in [5, 5.41) is 7.30. The first-order valence-electron chi connectivity index (χ1n) is 9.10. The van der Waals surface area contributed by atoms with E-state index in [1.54, 1.807) is 11.6 Å². The Labute approximate surface area is 164 Å². The molecule has 0 fully saturated rings. The Morgan fingerprint density at radius 2 is 1.93 bits per heavy atom. The number of ether oxygens (including phenoxy) is 1. The number of nitrogens with one attached hydrogen (secondary N) is 1. The highest BCUT2D eigenvalue weighted by atomic mass is 35.5. The summed E-state index contributed by atoms with van der Waals surface area (Å²) in [6.07, 6.45) is 0.970. The first kappa shape index (κ1) is 21.0. The van der Waals surface area contributed by atoms with E-state index >= 15 is 0 Å². The number of nitrogens with zero attached hydrogens (tertiary/aromatic N) is 2. The lowest BCUT2D eigenvalue weighted by Crippen LogP contribution is -2.35. The summed E-state index contributed by atoms with van der Waals surface area (Å²) in [5.74, 6) is -1.01. The average Bonchev–Trinajstić information content (AvgIpc) is 2.92. The van der Waals surface area contributed by atoms with Crippen molar-refractivity contribution in [2.75, 3.05) is 0 Å². The van der Waals surface area contributed by atoms with Crippen molar-refractivity contribution in [2.24, 2.45) is 0 Å². The van der Waals surface area contributed by atoms with Gasteiger partial charge >= 0.3 is 5.97 Å². The number of aryl methyl sites for hydroxylation is 3. The highest BCUT2D eigenvalue weighted by Crippen LogP contribution is 2.22. The van der Waals surface area contributed by atoms with Crippen molar-refractivity contribution < 1.29 is 14.3 Å². The fourth-order valence-electron chi connectivity index (χ4n) is 2.55. The standard InChI is InChI=1S/C20H26ClN3O3/c1-5-6-11-24-18(21)17(14(3)23-24)20(26)27-15(4)19(25)22-12-16-9-7-13(2)8-10-16/h7-10,15H,5-6,11-12H2,1-4H3,(H,22,25)/t15-/m1/s1. The molecule has 1 heterocycles. The minimum atomic E-state index is -0.933. The van der Waals surface area contributed by atoms with Crippen LogP contribution < -0.4 is 5.32 Å². The molecule has 146 valence electrons. The van der Waals surface area contributed by atoms with Gasteiger partial charge in [-0.05, 0) is 32.8 Å². The van der Waals surface area contributed by atoms with Crippen molar-refractivity contribution in [1.82, 2.24) is 15.1 Å². The van der Waals surface area contributed by atoms with Crippen molar-refractivity contribution in [2.45, 2.75) is 59.7 Å². The highest BCUT2D eigenvalue weighted by molar-refractivity contribution is 6.32. The second kappa shape index (κ2) is 9.55. The minimum Gasteiger partial charge on any atom is -0.449 e. The summed E-state index contributed by atoms with van der Waals surface area (Å²) in [5.41, 5.74) is 2.84. The van der Waals surface area contributed by atoms with Crippen LogP contribution in [0, 0.1) is 13.8 Å². The van der Waals surface area contributed by atoms with Crippen LogP contribution in [0.1, 0.15) is 53.9 Å². The first-order valence-corrected chi connectivity index (χ1v) is 9.48. The monoisotopic (exact) mass is 391 g/mol. The SMILES string of the molecule is CCCCn1nc(C)c(C(=O)O[C@H](C)C(=O)NCc2ccc(C)cc2)c1Cl. The number of amides is 1. The molecule has 0 spiro atoms. The molecule has 7 heteroatoms. The molecule has 2 rings (SSSR count). The maximum absolute atomic E-state index is 12.5. The first-order chi connectivity index (χ1) is 12.8. The molecule has 1 amide bonds. The maximum atomic E-state index is 12.5. The van der Waals surface area contributed by atoms with Crippen LogP contribution in [-0.2, 0) is 22.6 Å². The van der Waals surface area contributed by atoms with Gasteiger partial charge in [0.1, 0.15) is 10.7 Å². The van der Waals surface area contributed by atoms with E-state index in [1.165, 1.54) is 6.92 Å². The molecule has 0 aliphatic rings. The topological polar surface area (TPSA) is 73.2 Å². The molecular weight excluding hydrogens is 366 g/mol. The van der Waals surface area contributed by atoms with Crippen molar-refractivity contribution in [3.8, 4) is 0 Å². The molecule has 6 nitrogen and oxygen atoms in total. The molecule has 0 bridgehead atoms. The van der Waals surface area contributed by atoms with Gasteiger partial charge in [-0.1, -0.05) is 54.8 Å². The highest BCUT2D eigenvalue weighted by Gasteiger charge is 2.25. The van der Waals surface area contributed by atoms with Crippen molar-refractivity contribution in [3.63, 3.8) is 0 Å². The van der Waals surface area contributed by atoms with Gasteiger partial charge in [0, 0.05) is 13.1 Å². The summed E-state index contributed by atoms with van der Waals surface area (Å²) in [4.78, 5) is 24.7. The van der Waals surface area contributed by atoms with Crippen LogP contribution in [0.2, 0.25) is 5.15 Å². The lowest BCUT2D eigenvalue weighted by Gasteiger charge is -2.13. The smallest absolute Gasteiger partial charge is 0.343 e. The lowest BCUT2D eigenvalue weighted by molar-refractivity contribution is -0.129. The number of hydrogen-bond donors (Lipinski definition) is 1. The van der Waals surface area contributed by atoms with Crippen molar-refractivity contribution >= 4 is 23.5 Å². The van der Waals surface area contributed by atoms with Crippen LogP contribution >= 0.6 is 11.6 Å². The van der Waals surface area contributed by atoms with E-state index in [1.807, 2.05) is 31.2 Å².